The van der Waals surface area contributed by atoms with Crippen molar-refractivity contribution in [3.8, 4) is 0 Å². The van der Waals surface area contributed by atoms with Crippen molar-refractivity contribution in [1.82, 2.24) is 0 Å². The standard InChI is InChI=1S/C44H78O7/c1-3-5-7-9-11-12-13-14-15-16-17-18-19-20-21-22-24-30-36-44(49)51-42(38-45)39-50-43(48)37-31-35-41(47)34-29-26-25-28-33-40(46)32-27-23-10-8-6-4-2/h23,25-29,33-34,40-42,45-47H,3-22,24,30-32,35-39H2,1-2H3/b26-25+,27-23-,33-28+,34-29-/t40-,41-,42+/m1/s1. The Bertz CT molecular complexity index is 894. The predicted octanol–water partition coefficient (Wildman–Crippen LogP) is 11.0. The van der Waals surface area contributed by atoms with E-state index in [0.29, 0.717) is 25.7 Å². The highest BCUT2D eigenvalue weighted by atomic mass is 16.6. The lowest BCUT2D eigenvalue weighted by Crippen LogP contribution is -2.28. The molecule has 0 aromatic carbocycles. The van der Waals surface area contributed by atoms with Crippen molar-refractivity contribution >= 4 is 11.9 Å². The zero-order valence-electron chi connectivity index (χ0n) is 32.8. The van der Waals surface area contributed by atoms with Crippen LogP contribution in [0.2, 0.25) is 0 Å². The first kappa shape index (κ1) is 48.8. The lowest BCUT2D eigenvalue weighted by molar-refractivity contribution is -0.161. The largest absolute Gasteiger partial charge is 0.462 e. The summed E-state index contributed by atoms with van der Waals surface area (Å²) in [6.45, 7) is 3.87. The summed E-state index contributed by atoms with van der Waals surface area (Å²) in [5.74, 6) is -0.828. The van der Waals surface area contributed by atoms with Gasteiger partial charge < -0.3 is 24.8 Å². The minimum absolute atomic E-state index is 0.125. The summed E-state index contributed by atoms with van der Waals surface area (Å²) in [6, 6.07) is 0. The molecule has 0 aromatic rings. The Morgan fingerprint density at radius 2 is 1.02 bits per heavy atom. The van der Waals surface area contributed by atoms with Crippen molar-refractivity contribution in [2.45, 2.75) is 206 Å². The van der Waals surface area contributed by atoms with Crippen molar-refractivity contribution in [3.63, 3.8) is 0 Å². The van der Waals surface area contributed by atoms with E-state index < -0.39 is 30.9 Å². The zero-order chi connectivity index (χ0) is 37.5. The molecule has 0 radical (unpaired) electrons. The summed E-state index contributed by atoms with van der Waals surface area (Å²) >= 11 is 0. The van der Waals surface area contributed by atoms with Crippen LogP contribution in [0.1, 0.15) is 187 Å². The number of ether oxygens (including phenoxy) is 2. The lowest BCUT2D eigenvalue weighted by atomic mass is 10.0. The monoisotopic (exact) mass is 719 g/mol. The van der Waals surface area contributed by atoms with Crippen LogP contribution in [-0.2, 0) is 19.1 Å². The first-order valence-corrected chi connectivity index (χ1v) is 20.9. The number of aliphatic hydroxyl groups excluding tert-OH is 3. The third kappa shape index (κ3) is 37.3. The molecule has 0 heterocycles. The molecule has 0 saturated heterocycles. The number of carbonyl (C=O) groups is 2. The Morgan fingerprint density at radius 3 is 1.55 bits per heavy atom. The molecule has 0 aliphatic carbocycles. The number of hydrogen-bond acceptors (Lipinski definition) is 7. The molecule has 0 aliphatic rings. The number of rotatable bonds is 37. The van der Waals surface area contributed by atoms with Crippen LogP contribution in [0.15, 0.2) is 48.6 Å². The average Bonchev–Trinajstić information content (AvgIpc) is 3.12. The third-order valence-electron chi connectivity index (χ3n) is 9.07. The highest BCUT2D eigenvalue weighted by molar-refractivity contribution is 5.70. The van der Waals surface area contributed by atoms with Gasteiger partial charge in [-0.05, 0) is 38.5 Å². The third-order valence-corrected chi connectivity index (χ3v) is 9.07. The number of unbranched alkanes of at least 4 members (excludes halogenated alkanes) is 20. The number of hydrogen-bond donors (Lipinski definition) is 3. The van der Waals surface area contributed by atoms with Crippen molar-refractivity contribution in [1.29, 1.82) is 0 Å². The fourth-order valence-corrected chi connectivity index (χ4v) is 5.81. The smallest absolute Gasteiger partial charge is 0.306 e. The summed E-state index contributed by atoms with van der Waals surface area (Å²) in [5, 5.41) is 29.7. The van der Waals surface area contributed by atoms with Gasteiger partial charge in [-0.3, -0.25) is 9.59 Å². The molecule has 0 aliphatic heterocycles. The highest BCUT2D eigenvalue weighted by Crippen LogP contribution is 2.15. The SMILES string of the molecule is CCCCC/C=C\C[C@@H](O)/C=C/C=C/C=C\[C@@H](O)CCCC(=O)OC[C@H](CO)OC(=O)CCCCCCCCCCCCCCCCCCCC. The molecule has 0 fully saturated rings. The first-order chi connectivity index (χ1) is 24.9. The predicted molar refractivity (Wildman–Crippen MR) is 213 cm³/mol. The van der Waals surface area contributed by atoms with Crippen molar-refractivity contribution in [2.24, 2.45) is 0 Å². The highest BCUT2D eigenvalue weighted by Gasteiger charge is 2.16. The molecule has 0 unspecified atom stereocenters. The van der Waals surface area contributed by atoms with E-state index in [1.807, 2.05) is 6.08 Å². The van der Waals surface area contributed by atoms with Gasteiger partial charge in [0, 0.05) is 12.8 Å². The maximum absolute atomic E-state index is 12.2. The van der Waals surface area contributed by atoms with E-state index in [-0.39, 0.29) is 19.0 Å². The Labute approximate surface area is 313 Å². The van der Waals surface area contributed by atoms with Crippen LogP contribution < -0.4 is 0 Å². The van der Waals surface area contributed by atoms with E-state index in [2.05, 4.69) is 19.9 Å². The molecule has 51 heavy (non-hydrogen) atoms. The Kier molecular flexibility index (Phi) is 37.3. The Hall–Kier alpha value is -2.22. The van der Waals surface area contributed by atoms with Crippen LogP contribution in [0.5, 0.6) is 0 Å². The molecular weight excluding hydrogens is 640 g/mol. The van der Waals surface area contributed by atoms with Gasteiger partial charge in [0.2, 0.25) is 0 Å². The van der Waals surface area contributed by atoms with E-state index in [1.54, 1.807) is 36.5 Å². The molecule has 7 nitrogen and oxygen atoms in total. The van der Waals surface area contributed by atoms with Crippen molar-refractivity contribution in [2.75, 3.05) is 13.2 Å². The van der Waals surface area contributed by atoms with Gasteiger partial charge in [-0.15, -0.1) is 0 Å². The second-order valence-electron chi connectivity index (χ2n) is 14.1. The number of esters is 2. The molecule has 0 saturated carbocycles. The van der Waals surface area contributed by atoms with Crippen LogP contribution in [0.3, 0.4) is 0 Å². The van der Waals surface area contributed by atoms with Gasteiger partial charge in [-0.25, -0.2) is 0 Å². The van der Waals surface area contributed by atoms with Crippen LogP contribution in [0, 0.1) is 0 Å². The number of aliphatic hydroxyl groups is 3. The van der Waals surface area contributed by atoms with E-state index in [0.717, 1.165) is 25.7 Å². The van der Waals surface area contributed by atoms with Gasteiger partial charge in [0.1, 0.15) is 6.61 Å². The minimum atomic E-state index is -0.862. The molecule has 0 aromatic heterocycles. The minimum Gasteiger partial charge on any atom is -0.462 e. The maximum Gasteiger partial charge on any atom is 0.306 e. The van der Waals surface area contributed by atoms with E-state index in [1.165, 1.54) is 116 Å². The zero-order valence-corrected chi connectivity index (χ0v) is 32.8. The second-order valence-corrected chi connectivity index (χ2v) is 14.1. The van der Waals surface area contributed by atoms with Crippen LogP contribution in [0.4, 0.5) is 0 Å². The quantitative estimate of drug-likeness (QED) is 0.0254. The molecule has 3 N–H and O–H groups in total. The van der Waals surface area contributed by atoms with Crippen molar-refractivity contribution < 1.29 is 34.4 Å². The summed E-state index contributed by atoms with van der Waals surface area (Å²) in [5.41, 5.74) is 0. The van der Waals surface area contributed by atoms with Crippen LogP contribution in [0.25, 0.3) is 0 Å². The summed E-state index contributed by atoms with van der Waals surface area (Å²) < 4.78 is 10.5. The van der Waals surface area contributed by atoms with Crippen LogP contribution >= 0.6 is 0 Å². The van der Waals surface area contributed by atoms with Crippen molar-refractivity contribution in [3.05, 3.63) is 48.6 Å². The molecule has 0 rings (SSSR count). The van der Waals surface area contributed by atoms with Gasteiger partial charge in [-0.2, -0.15) is 0 Å². The first-order valence-electron chi connectivity index (χ1n) is 20.9. The number of carbonyl (C=O) groups excluding carboxylic acids is 2. The molecule has 296 valence electrons. The lowest BCUT2D eigenvalue weighted by Gasteiger charge is -2.16. The summed E-state index contributed by atoms with van der Waals surface area (Å²) in [6.07, 6.45) is 42.3. The molecule has 0 bridgehead atoms. The molecular formula is C44H78O7. The maximum atomic E-state index is 12.2. The summed E-state index contributed by atoms with van der Waals surface area (Å²) in [4.78, 5) is 24.3. The van der Waals surface area contributed by atoms with E-state index in [4.69, 9.17) is 9.47 Å². The van der Waals surface area contributed by atoms with Crippen LogP contribution in [-0.4, -0.2) is 58.8 Å². The second kappa shape index (κ2) is 39.0. The van der Waals surface area contributed by atoms with Gasteiger partial charge in [-0.1, -0.05) is 184 Å². The fourth-order valence-electron chi connectivity index (χ4n) is 5.81. The van der Waals surface area contributed by atoms with Gasteiger partial charge in [0.05, 0.1) is 18.8 Å². The topological polar surface area (TPSA) is 113 Å². The molecule has 7 heteroatoms. The fraction of sp³-hybridized carbons (Fsp3) is 0.773. The summed E-state index contributed by atoms with van der Waals surface area (Å²) in [7, 11) is 0. The number of allylic oxidation sites excluding steroid dienone is 5. The normalized spacial score (nSPS) is 13.9. The molecule has 3 atom stereocenters. The Morgan fingerprint density at radius 1 is 0.549 bits per heavy atom. The average molecular weight is 719 g/mol. The molecule has 0 spiro atoms. The Balaban J connectivity index is 3.77. The van der Waals surface area contributed by atoms with E-state index in [9.17, 15) is 24.9 Å². The van der Waals surface area contributed by atoms with Gasteiger partial charge in [0.25, 0.3) is 0 Å². The van der Waals surface area contributed by atoms with Gasteiger partial charge >= 0.3 is 11.9 Å². The van der Waals surface area contributed by atoms with E-state index >= 15 is 0 Å². The van der Waals surface area contributed by atoms with Gasteiger partial charge in [0.15, 0.2) is 6.10 Å². The molecule has 0 amide bonds.